The molecule has 0 saturated heterocycles. The summed E-state index contributed by atoms with van der Waals surface area (Å²) in [5.41, 5.74) is 0.400. The predicted molar refractivity (Wildman–Crippen MR) is 56.5 cm³/mol. The topological polar surface area (TPSA) is 20.2 Å². The highest BCUT2D eigenvalue weighted by Gasteiger charge is 2.57. The molecule has 0 radical (unpaired) electrons. The maximum atomic E-state index is 9.20. The fourth-order valence-electron chi connectivity index (χ4n) is 2.49. The van der Waals surface area contributed by atoms with Gasteiger partial charge in [0, 0.05) is 6.61 Å². The maximum absolute atomic E-state index is 9.20. The van der Waals surface area contributed by atoms with Crippen LogP contribution in [-0.4, -0.2) is 11.7 Å². The summed E-state index contributed by atoms with van der Waals surface area (Å²) in [4.78, 5) is 0. The number of hydrogen-bond donors (Lipinski definition) is 1. The molecule has 0 unspecified atom stereocenters. The fourth-order valence-corrected chi connectivity index (χ4v) is 2.49. The largest absolute Gasteiger partial charge is 0.396 e. The third kappa shape index (κ3) is 1.96. The van der Waals surface area contributed by atoms with Gasteiger partial charge in [0.05, 0.1) is 0 Å². The van der Waals surface area contributed by atoms with Gasteiger partial charge in [0.15, 0.2) is 0 Å². The Hall–Kier alpha value is -0.300. The Bertz CT molecular complexity index is 186. The predicted octanol–water partition coefficient (Wildman–Crippen LogP) is 3.00. The summed E-state index contributed by atoms with van der Waals surface area (Å²) in [5.74, 6) is 1.16. The van der Waals surface area contributed by atoms with Gasteiger partial charge in [-0.15, -0.1) is 0 Å². The molecule has 1 N–H and O–H groups in total. The van der Waals surface area contributed by atoms with Crippen LogP contribution in [0.3, 0.4) is 0 Å². The molecule has 13 heavy (non-hydrogen) atoms. The first-order chi connectivity index (χ1) is 6.20. The van der Waals surface area contributed by atoms with Crippen LogP contribution in [0.5, 0.6) is 0 Å². The Balaban J connectivity index is 2.49. The molecule has 0 amide bonds. The molecule has 1 heteroatoms. The molecule has 0 heterocycles. The highest BCUT2D eigenvalue weighted by molar-refractivity contribution is 5.15. The lowest BCUT2D eigenvalue weighted by Gasteiger charge is -2.09. The second-order valence-corrected chi connectivity index (χ2v) is 4.45. The molecule has 1 saturated carbocycles. The molecule has 0 bridgehead atoms. The van der Waals surface area contributed by atoms with Crippen molar-refractivity contribution < 1.29 is 5.11 Å². The Morgan fingerprint density at radius 2 is 2.15 bits per heavy atom. The Kier molecular flexibility index (Phi) is 3.55. The van der Waals surface area contributed by atoms with E-state index in [2.05, 4.69) is 32.9 Å². The van der Waals surface area contributed by atoms with E-state index in [1.807, 2.05) is 0 Å². The number of rotatable bonds is 5. The van der Waals surface area contributed by atoms with E-state index in [-0.39, 0.29) is 0 Å². The zero-order valence-electron chi connectivity index (χ0n) is 9.09. The molecule has 3 atom stereocenters. The van der Waals surface area contributed by atoms with E-state index in [4.69, 9.17) is 0 Å². The standard InChI is InChI=1S/C12H22O/c1-4-6-8-12(3)10(7-5-2)11(12)9-13/h5,7,10-11,13H,4,6,8-9H2,1-3H3/b7-5-/t10-,11+,12+/m1/s1. The monoisotopic (exact) mass is 182 g/mol. The molecule has 0 spiro atoms. The lowest BCUT2D eigenvalue weighted by molar-refractivity contribution is 0.248. The first-order valence-electron chi connectivity index (χ1n) is 5.44. The lowest BCUT2D eigenvalue weighted by Crippen LogP contribution is -2.01. The van der Waals surface area contributed by atoms with Crippen molar-refractivity contribution in [2.45, 2.75) is 40.0 Å². The van der Waals surface area contributed by atoms with E-state index in [0.717, 1.165) is 0 Å². The van der Waals surface area contributed by atoms with Gasteiger partial charge in [0.2, 0.25) is 0 Å². The van der Waals surface area contributed by atoms with E-state index in [1.54, 1.807) is 0 Å². The van der Waals surface area contributed by atoms with Gasteiger partial charge in [-0.1, -0.05) is 38.8 Å². The van der Waals surface area contributed by atoms with Gasteiger partial charge in [-0.3, -0.25) is 0 Å². The van der Waals surface area contributed by atoms with Crippen molar-refractivity contribution >= 4 is 0 Å². The van der Waals surface area contributed by atoms with E-state index >= 15 is 0 Å². The Morgan fingerprint density at radius 3 is 2.62 bits per heavy atom. The molecule has 76 valence electrons. The average Bonchev–Trinajstić information content (AvgIpc) is 2.69. The highest BCUT2D eigenvalue weighted by atomic mass is 16.3. The molecule has 0 aromatic rings. The smallest absolute Gasteiger partial charge is 0.0470 e. The molecular weight excluding hydrogens is 160 g/mol. The number of unbranched alkanes of at least 4 members (excludes halogenated alkanes) is 1. The molecule has 0 aromatic carbocycles. The first-order valence-corrected chi connectivity index (χ1v) is 5.44. The molecular formula is C12H22O. The second-order valence-electron chi connectivity index (χ2n) is 4.45. The van der Waals surface area contributed by atoms with Gasteiger partial charge < -0.3 is 5.11 Å². The quantitative estimate of drug-likeness (QED) is 0.648. The molecule has 1 rings (SSSR count). The molecule has 1 fully saturated rings. The molecule has 1 aliphatic carbocycles. The van der Waals surface area contributed by atoms with Crippen LogP contribution < -0.4 is 0 Å². The van der Waals surface area contributed by atoms with Crippen molar-refractivity contribution in [3.05, 3.63) is 12.2 Å². The molecule has 1 aliphatic rings. The van der Waals surface area contributed by atoms with Gasteiger partial charge in [0.1, 0.15) is 0 Å². The van der Waals surface area contributed by atoms with Gasteiger partial charge in [-0.25, -0.2) is 0 Å². The SMILES string of the molecule is C/C=C\[C@@H]1[C@H](CO)[C@@]1(C)CCCC. The fraction of sp³-hybridized carbons (Fsp3) is 0.833. The van der Waals surface area contributed by atoms with Crippen molar-refractivity contribution in [1.29, 1.82) is 0 Å². The number of aliphatic hydroxyl groups is 1. The third-order valence-electron chi connectivity index (χ3n) is 3.60. The first kappa shape index (κ1) is 10.8. The number of hydrogen-bond acceptors (Lipinski definition) is 1. The van der Waals surface area contributed by atoms with Crippen LogP contribution >= 0.6 is 0 Å². The summed E-state index contributed by atoms with van der Waals surface area (Å²) in [7, 11) is 0. The summed E-state index contributed by atoms with van der Waals surface area (Å²) in [6.07, 6.45) is 8.20. The zero-order chi connectivity index (χ0) is 9.90. The average molecular weight is 182 g/mol. The highest BCUT2D eigenvalue weighted by Crippen LogP contribution is 2.61. The summed E-state index contributed by atoms with van der Waals surface area (Å²) in [5, 5.41) is 9.20. The van der Waals surface area contributed by atoms with E-state index in [9.17, 15) is 5.11 Å². The molecule has 1 nitrogen and oxygen atoms in total. The van der Waals surface area contributed by atoms with Gasteiger partial charge in [0.25, 0.3) is 0 Å². The maximum Gasteiger partial charge on any atom is 0.0470 e. The van der Waals surface area contributed by atoms with Crippen molar-refractivity contribution in [1.82, 2.24) is 0 Å². The van der Waals surface area contributed by atoms with Crippen molar-refractivity contribution in [3.8, 4) is 0 Å². The van der Waals surface area contributed by atoms with Crippen molar-refractivity contribution in [2.24, 2.45) is 17.3 Å². The third-order valence-corrected chi connectivity index (χ3v) is 3.60. The van der Waals surface area contributed by atoms with Gasteiger partial charge in [-0.05, 0) is 30.6 Å². The summed E-state index contributed by atoms with van der Waals surface area (Å²) < 4.78 is 0. The van der Waals surface area contributed by atoms with Crippen LogP contribution in [0.25, 0.3) is 0 Å². The number of aliphatic hydroxyl groups excluding tert-OH is 1. The molecule has 0 aromatic heterocycles. The van der Waals surface area contributed by atoms with Crippen molar-refractivity contribution in [3.63, 3.8) is 0 Å². The van der Waals surface area contributed by atoms with Crippen LogP contribution in [-0.2, 0) is 0 Å². The minimum absolute atomic E-state index is 0.356. The van der Waals surface area contributed by atoms with Gasteiger partial charge in [-0.2, -0.15) is 0 Å². The summed E-state index contributed by atoms with van der Waals surface area (Å²) in [6, 6.07) is 0. The van der Waals surface area contributed by atoms with Crippen LogP contribution in [0, 0.1) is 17.3 Å². The van der Waals surface area contributed by atoms with E-state index in [0.29, 0.717) is 23.9 Å². The number of allylic oxidation sites excluding steroid dienone is 2. The molecule has 0 aliphatic heterocycles. The van der Waals surface area contributed by atoms with E-state index < -0.39 is 0 Å². The summed E-state index contributed by atoms with van der Waals surface area (Å²) in [6.45, 7) is 6.96. The van der Waals surface area contributed by atoms with E-state index in [1.165, 1.54) is 19.3 Å². The minimum atomic E-state index is 0.356. The zero-order valence-corrected chi connectivity index (χ0v) is 9.09. The van der Waals surface area contributed by atoms with Crippen LogP contribution in [0.15, 0.2) is 12.2 Å². The second kappa shape index (κ2) is 4.28. The summed E-state index contributed by atoms with van der Waals surface area (Å²) >= 11 is 0. The van der Waals surface area contributed by atoms with Crippen LogP contribution in [0.4, 0.5) is 0 Å². The normalized spacial score (nSPS) is 38.5. The van der Waals surface area contributed by atoms with Gasteiger partial charge >= 0.3 is 0 Å². The van der Waals surface area contributed by atoms with Crippen LogP contribution in [0.2, 0.25) is 0 Å². The minimum Gasteiger partial charge on any atom is -0.396 e. The van der Waals surface area contributed by atoms with Crippen LogP contribution in [0.1, 0.15) is 40.0 Å². The Morgan fingerprint density at radius 1 is 1.46 bits per heavy atom. The lowest BCUT2D eigenvalue weighted by atomic mass is 9.97. The Labute approximate surface area is 81.9 Å². The van der Waals surface area contributed by atoms with Crippen molar-refractivity contribution in [2.75, 3.05) is 6.61 Å².